The van der Waals surface area contributed by atoms with Gasteiger partial charge in [0.2, 0.25) is 0 Å². The highest BCUT2D eigenvalue weighted by molar-refractivity contribution is 5.90. The van der Waals surface area contributed by atoms with Gasteiger partial charge in [-0.15, -0.1) is 0 Å². The van der Waals surface area contributed by atoms with Crippen LogP contribution in [-0.4, -0.2) is 12.1 Å². The monoisotopic (exact) mass is 438 g/mol. The molecule has 2 aromatic rings. The van der Waals surface area contributed by atoms with Gasteiger partial charge in [0, 0.05) is 5.56 Å². The number of halogens is 1. The smallest absolute Gasteiger partial charge is 0.338 e. The largest absolute Gasteiger partial charge is 0.459 e. The molecule has 0 saturated heterocycles. The Hall–Kier alpha value is -2.16. The van der Waals surface area contributed by atoms with Gasteiger partial charge in [-0.3, -0.25) is 0 Å². The van der Waals surface area contributed by atoms with Crippen molar-refractivity contribution < 1.29 is 13.9 Å². The number of carbonyl (C=O) groups is 1. The Labute approximate surface area is 193 Å². The zero-order chi connectivity index (χ0) is 22.8. The Balaban J connectivity index is 1.51. The molecule has 0 radical (unpaired) electrons. The summed E-state index contributed by atoms with van der Waals surface area (Å²) in [5, 5.41) is 0. The van der Waals surface area contributed by atoms with Crippen LogP contribution in [0.5, 0.6) is 0 Å². The van der Waals surface area contributed by atoms with E-state index < -0.39 is 0 Å². The lowest BCUT2D eigenvalue weighted by Crippen LogP contribution is -2.24. The Bertz CT molecular complexity index is 835. The summed E-state index contributed by atoms with van der Waals surface area (Å²) in [5.41, 5.74) is 2.94. The van der Waals surface area contributed by atoms with Gasteiger partial charge in [0.25, 0.3) is 0 Å². The molecule has 2 aromatic carbocycles. The fourth-order valence-corrected chi connectivity index (χ4v) is 4.75. The van der Waals surface area contributed by atoms with Crippen molar-refractivity contribution in [2.45, 2.75) is 97.0 Å². The van der Waals surface area contributed by atoms with Gasteiger partial charge >= 0.3 is 5.97 Å². The van der Waals surface area contributed by atoms with Crippen molar-refractivity contribution in [2.75, 3.05) is 0 Å². The molecule has 0 amide bonds. The van der Waals surface area contributed by atoms with Gasteiger partial charge < -0.3 is 4.74 Å². The van der Waals surface area contributed by atoms with Gasteiger partial charge in [0.15, 0.2) is 0 Å². The molecule has 0 bridgehead atoms. The van der Waals surface area contributed by atoms with Crippen molar-refractivity contribution in [3.63, 3.8) is 0 Å². The maximum atomic E-state index is 14.7. The fraction of sp³-hybridized carbons (Fsp3) is 0.552. The van der Waals surface area contributed by atoms with E-state index in [-0.39, 0.29) is 17.9 Å². The van der Waals surface area contributed by atoms with E-state index in [4.69, 9.17) is 4.74 Å². The zero-order valence-corrected chi connectivity index (χ0v) is 19.9. The predicted octanol–water partition coefficient (Wildman–Crippen LogP) is 8.52. The van der Waals surface area contributed by atoms with Crippen LogP contribution in [0.2, 0.25) is 0 Å². The SMILES string of the molecule is CCCCCc1ccc(-c2ccc(C(=O)OC3CCC(CCCCC)CC3)cc2)c(F)c1. The molecule has 174 valence electrons. The number of hydrogen-bond acceptors (Lipinski definition) is 2. The molecule has 0 aromatic heterocycles. The summed E-state index contributed by atoms with van der Waals surface area (Å²) in [5.74, 6) is 0.325. The van der Waals surface area contributed by atoms with E-state index in [2.05, 4.69) is 13.8 Å². The topological polar surface area (TPSA) is 26.3 Å². The van der Waals surface area contributed by atoms with Gasteiger partial charge in [0.05, 0.1) is 5.56 Å². The van der Waals surface area contributed by atoms with Crippen LogP contribution < -0.4 is 0 Å². The predicted molar refractivity (Wildman–Crippen MR) is 130 cm³/mol. The molecule has 0 unspecified atom stereocenters. The van der Waals surface area contributed by atoms with E-state index in [1.54, 1.807) is 18.2 Å². The second kappa shape index (κ2) is 12.8. The number of benzene rings is 2. The van der Waals surface area contributed by atoms with Gasteiger partial charge in [-0.05, 0) is 73.8 Å². The average Bonchev–Trinajstić information content (AvgIpc) is 2.81. The van der Waals surface area contributed by atoms with E-state index in [1.807, 2.05) is 24.3 Å². The normalized spacial score (nSPS) is 18.5. The molecule has 2 nitrogen and oxygen atoms in total. The van der Waals surface area contributed by atoms with Crippen LogP contribution >= 0.6 is 0 Å². The van der Waals surface area contributed by atoms with Crippen molar-refractivity contribution in [1.29, 1.82) is 0 Å². The molecule has 32 heavy (non-hydrogen) atoms. The first kappa shape index (κ1) is 24.5. The van der Waals surface area contributed by atoms with Crippen LogP contribution in [0.3, 0.4) is 0 Å². The highest BCUT2D eigenvalue weighted by atomic mass is 19.1. The van der Waals surface area contributed by atoms with Gasteiger partial charge in [0.1, 0.15) is 11.9 Å². The summed E-state index contributed by atoms with van der Waals surface area (Å²) < 4.78 is 20.4. The molecule has 0 spiro atoms. The number of hydrogen-bond donors (Lipinski definition) is 0. The Kier molecular flexibility index (Phi) is 9.77. The molecular weight excluding hydrogens is 399 g/mol. The highest BCUT2D eigenvalue weighted by Crippen LogP contribution is 2.31. The summed E-state index contributed by atoms with van der Waals surface area (Å²) in [4.78, 5) is 12.6. The van der Waals surface area contributed by atoms with Crippen molar-refractivity contribution in [3.8, 4) is 11.1 Å². The number of carbonyl (C=O) groups excluding carboxylic acids is 1. The quantitative estimate of drug-likeness (QED) is 0.259. The second-order valence-electron chi connectivity index (χ2n) is 9.39. The first-order chi connectivity index (χ1) is 15.6. The number of unbranched alkanes of at least 4 members (excludes halogenated alkanes) is 4. The Morgan fingerprint density at radius 2 is 1.59 bits per heavy atom. The van der Waals surface area contributed by atoms with Crippen LogP contribution in [0, 0.1) is 11.7 Å². The molecule has 3 heteroatoms. The third-order valence-corrected chi connectivity index (χ3v) is 6.82. The first-order valence-electron chi connectivity index (χ1n) is 12.7. The Morgan fingerprint density at radius 3 is 2.25 bits per heavy atom. The molecule has 0 atom stereocenters. The van der Waals surface area contributed by atoms with Crippen LogP contribution in [-0.2, 0) is 11.2 Å². The third kappa shape index (κ3) is 7.18. The number of aryl methyl sites for hydroxylation is 1. The van der Waals surface area contributed by atoms with E-state index in [0.29, 0.717) is 11.1 Å². The van der Waals surface area contributed by atoms with Crippen molar-refractivity contribution in [1.82, 2.24) is 0 Å². The number of rotatable bonds is 11. The van der Waals surface area contributed by atoms with E-state index in [0.717, 1.165) is 62.0 Å². The molecule has 0 aliphatic heterocycles. The minimum atomic E-state index is -0.266. The molecule has 1 fully saturated rings. The summed E-state index contributed by atoms with van der Waals surface area (Å²) in [6, 6.07) is 12.6. The average molecular weight is 439 g/mol. The molecule has 3 rings (SSSR count). The maximum Gasteiger partial charge on any atom is 0.338 e. The molecular formula is C29H39FO2. The molecule has 0 heterocycles. The molecule has 0 N–H and O–H groups in total. The van der Waals surface area contributed by atoms with Gasteiger partial charge in [-0.25, -0.2) is 9.18 Å². The molecule has 1 saturated carbocycles. The summed E-state index contributed by atoms with van der Waals surface area (Å²) in [6.45, 7) is 4.41. The number of ether oxygens (including phenoxy) is 1. The van der Waals surface area contributed by atoms with Gasteiger partial charge in [-0.2, -0.15) is 0 Å². The van der Waals surface area contributed by atoms with Gasteiger partial charge in [-0.1, -0.05) is 76.6 Å². The minimum absolute atomic E-state index is 0.0299. The van der Waals surface area contributed by atoms with E-state index >= 15 is 0 Å². The first-order valence-corrected chi connectivity index (χ1v) is 12.7. The standard InChI is InChI=1S/C29H39FO2/c1-3-5-7-9-22-11-18-26(19-12-22)32-29(31)25-16-14-24(15-17-25)27-20-13-23(21-28(27)30)10-8-6-4-2/h13-17,20-22,26H,3-12,18-19H2,1-2H3. The number of esters is 1. The maximum absolute atomic E-state index is 14.7. The Morgan fingerprint density at radius 1 is 0.906 bits per heavy atom. The van der Waals surface area contributed by atoms with E-state index in [1.165, 1.54) is 32.1 Å². The fourth-order valence-electron chi connectivity index (χ4n) is 4.75. The summed E-state index contributed by atoms with van der Waals surface area (Å²) in [6.07, 6.45) is 13.8. The summed E-state index contributed by atoms with van der Waals surface area (Å²) >= 11 is 0. The van der Waals surface area contributed by atoms with Crippen molar-refractivity contribution in [3.05, 3.63) is 59.4 Å². The lowest BCUT2D eigenvalue weighted by atomic mass is 9.84. The zero-order valence-electron chi connectivity index (χ0n) is 19.9. The summed E-state index contributed by atoms with van der Waals surface area (Å²) in [7, 11) is 0. The minimum Gasteiger partial charge on any atom is -0.459 e. The van der Waals surface area contributed by atoms with Crippen molar-refractivity contribution >= 4 is 5.97 Å². The van der Waals surface area contributed by atoms with Crippen LogP contribution in [0.4, 0.5) is 4.39 Å². The second-order valence-corrected chi connectivity index (χ2v) is 9.39. The van der Waals surface area contributed by atoms with Crippen LogP contribution in [0.25, 0.3) is 11.1 Å². The van der Waals surface area contributed by atoms with E-state index in [9.17, 15) is 9.18 Å². The van der Waals surface area contributed by atoms with Crippen LogP contribution in [0.15, 0.2) is 42.5 Å². The highest BCUT2D eigenvalue weighted by Gasteiger charge is 2.24. The lowest BCUT2D eigenvalue weighted by Gasteiger charge is -2.28. The molecule has 1 aliphatic carbocycles. The van der Waals surface area contributed by atoms with Crippen LogP contribution in [0.1, 0.15) is 100 Å². The lowest BCUT2D eigenvalue weighted by molar-refractivity contribution is 0.0161. The van der Waals surface area contributed by atoms with Crippen molar-refractivity contribution in [2.24, 2.45) is 5.92 Å². The third-order valence-electron chi connectivity index (χ3n) is 6.82. The molecule has 1 aliphatic rings.